The first-order valence-electron chi connectivity index (χ1n) is 5.03. The molecular weight excluding hydrogens is 194 g/mol. The van der Waals surface area contributed by atoms with Gasteiger partial charge in [-0.2, -0.15) is 0 Å². The van der Waals surface area contributed by atoms with Gasteiger partial charge >= 0.3 is 0 Å². The van der Waals surface area contributed by atoms with E-state index >= 15 is 0 Å². The van der Waals surface area contributed by atoms with E-state index in [9.17, 15) is 0 Å². The third-order valence-electron chi connectivity index (χ3n) is 2.37. The van der Waals surface area contributed by atoms with Gasteiger partial charge in [-0.1, -0.05) is 37.6 Å². The van der Waals surface area contributed by atoms with Crippen LogP contribution >= 0.6 is 11.6 Å². The summed E-state index contributed by atoms with van der Waals surface area (Å²) < 4.78 is 0. The normalized spacial score (nSPS) is 13.3. The van der Waals surface area contributed by atoms with Crippen molar-refractivity contribution in [3.8, 4) is 0 Å². The zero-order chi connectivity index (χ0) is 10.7. The Morgan fingerprint density at radius 3 is 2.50 bits per heavy atom. The predicted molar refractivity (Wildman–Crippen MR) is 62.6 cm³/mol. The van der Waals surface area contributed by atoms with Crippen LogP contribution in [0.1, 0.15) is 37.4 Å². The van der Waals surface area contributed by atoms with E-state index in [2.05, 4.69) is 26.8 Å². The Labute approximate surface area is 91.3 Å². The quantitative estimate of drug-likeness (QED) is 0.811. The van der Waals surface area contributed by atoms with Crippen molar-refractivity contribution in [2.75, 3.05) is 0 Å². The fourth-order valence-electron chi connectivity index (χ4n) is 1.74. The molecule has 0 aliphatic rings. The van der Waals surface area contributed by atoms with E-state index in [4.69, 9.17) is 17.3 Å². The SMILES string of the molecule is Cc1cccc(Cl)c1[C@@H](N)CC(C)C. The molecule has 0 saturated carbocycles. The second-order valence-corrected chi connectivity index (χ2v) is 4.61. The summed E-state index contributed by atoms with van der Waals surface area (Å²) >= 11 is 6.13. The lowest BCUT2D eigenvalue weighted by atomic mass is 9.95. The van der Waals surface area contributed by atoms with Gasteiger partial charge < -0.3 is 5.73 Å². The molecule has 1 aromatic carbocycles. The second kappa shape index (κ2) is 4.81. The Kier molecular flexibility index (Phi) is 3.97. The maximum Gasteiger partial charge on any atom is 0.0456 e. The monoisotopic (exact) mass is 211 g/mol. The first-order chi connectivity index (χ1) is 6.52. The Morgan fingerprint density at radius 1 is 1.36 bits per heavy atom. The summed E-state index contributed by atoms with van der Waals surface area (Å²) in [4.78, 5) is 0. The summed E-state index contributed by atoms with van der Waals surface area (Å²) in [7, 11) is 0. The second-order valence-electron chi connectivity index (χ2n) is 4.21. The van der Waals surface area contributed by atoms with Crippen LogP contribution < -0.4 is 5.73 Å². The average Bonchev–Trinajstić information content (AvgIpc) is 2.01. The average molecular weight is 212 g/mol. The summed E-state index contributed by atoms with van der Waals surface area (Å²) in [5.74, 6) is 0.598. The third-order valence-corrected chi connectivity index (χ3v) is 2.70. The summed E-state index contributed by atoms with van der Waals surface area (Å²) in [5, 5.41) is 0.790. The van der Waals surface area contributed by atoms with Gasteiger partial charge in [0.15, 0.2) is 0 Å². The van der Waals surface area contributed by atoms with Gasteiger partial charge in [0.25, 0.3) is 0 Å². The molecule has 2 heteroatoms. The lowest BCUT2D eigenvalue weighted by molar-refractivity contribution is 0.509. The van der Waals surface area contributed by atoms with Gasteiger partial charge in [0.2, 0.25) is 0 Å². The highest BCUT2D eigenvalue weighted by Gasteiger charge is 2.13. The fraction of sp³-hybridized carbons (Fsp3) is 0.500. The van der Waals surface area contributed by atoms with E-state index < -0.39 is 0 Å². The van der Waals surface area contributed by atoms with Crippen LogP contribution in [0.25, 0.3) is 0 Å². The summed E-state index contributed by atoms with van der Waals surface area (Å²) in [6.07, 6.45) is 0.977. The molecule has 2 N–H and O–H groups in total. The summed E-state index contributed by atoms with van der Waals surface area (Å²) in [6, 6.07) is 5.98. The molecule has 0 amide bonds. The van der Waals surface area contributed by atoms with E-state index in [-0.39, 0.29) is 6.04 Å². The van der Waals surface area contributed by atoms with Crippen LogP contribution in [0.2, 0.25) is 5.02 Å². The van der Waals surface area contributed by atoms with Gasteiger partial charge in [0.1, 0.15) is 0 Å². The smallest absolute Gasteiger partial charge is 0.0456 e. The van der Waals surface area contributed by atoms with Crippen LogP contribution in [-0.4, -0.2) is 0 Å². The number of rotatable bonds is 3. The predicted octanol–water partition coefficient (Wildman–Crippen LogP) is 3.69. The number of nitrogens with two attached hydrogens (primary N) is 1. The standard InChI is InChI=1S/C12H18ClN/c1-8(2)7-11(14)12-9(3)5-4-6-10(12)13/h4-6,8,11H,7,14H2,1-3H3/t11-/m0/s1. The molecule has 1 rings (SSSR count). The van der Waals surface area contributed by atoms with E-state index in [1.807, 2.05) is 12.1 Å². The van der Waals surface area contributed by atoms with Gasteiger partial charge in [-0.05, 0) is 36.5 Å². The number of benzene rings is 1. The minimum absolute atomic E-state index is 0.0590. The molecule has 1 nitrogen and oxygen atoms in total. The van der Waals surface area contributed by atoms with Gasteiger partial charge in [0, 0.05) is 11.1 Å². The third kappa shape index (κ3) is 2.73. The molecule has 1 aromatic rings. The first-order valence-corrected chi connectivity index (χ1v) is 5.40. The van der Waals surface area contributed by atoms with Crippen molar-refractivity contribution in [1.82, 2.24) is 0 Å². The zero-order valence-corrected chi connectivity index (χ0v) is 9.81. The van der Waals surface area contributed by atoms with Crippen LogP contribution in [0.15, 0.2) is 18.2 Å². The van der Waals surface area contributed by atoms with E-state index in [0.717, 1.165) is 17.0 Å². The number of hydrogen-bond acceptors (Lipinski definition) is 1. The molecule has 0 fully saturated rings. The first kappa shape index (κ1) is 11.5. The fourth-order valence-corrected chi connectivity index (χ4v) is 2.10. The van der Waals surface area contributed by atoms with Crippen molar-refractivity contribution in [3.05, 3.63) is 34.3 Å². The van der Waals surface area contributed by atoms with Crippen LogP contribution in [0.4, 0.5) is 0 Å². The van der Waals surface area contributed by atoms with E-state index in [0.29, 0.717) is 5.92 Å². The largest absolute Gasteiger partial charge is 0.324 e. The molecule has 14 heavy (non-hydrogen) atoms. The lowest BCUT2D eigenvalue weighted by Gasteiger charge is -2.18. The molecule has 0 spiro atoms. The molecular formula is C12H18ClN. The molecule has 0 radical (unpaired) electrons. The molecule has 0 aliphatic carbocycles. The number of aryl methyl sites for hydroxylation is 1. The highest BCUT2D eigenvalue weighted by molar-refractivity contribution is 6.31. The molecule has 0 aliphatic heterocycles. The highest BCUT2D eigenvalue weighted by atomic mass is 35.5. The van der Waals surface area contributed by atoms with Gasteiger partial charge in [-0.3, -0.25) is 0 Å². The summed E-state index contributed by atoms with van der Waals surface area (Å²) in [6.45, 7) is 6.40. The Bertz CT molecular complexity index is 287. The van der Waals surface area contributed by atoms with Crippen molar-refractivity contribution in [1.29, 1.82) is 0 Å². The Morgan fingerprint density at radius 2 is 2.00 bits per heavy atom. The highest BCUT2D eigenvalue weighted by Crippen LogP contribution is 2.28. The maximum absolute atomic E-state index is 6.13. The van der Waals surface area contributed by atoms with Crippen molar-refractivity contribution in [2.45, 2.75) is 33.2 Å². The molecule has 0 heterocycles. The van der Waals surface area contributed by atoms with Crippen LogP contribution in [-0.2, 0) is 0 Å². The zero-order valence-electron chi connectivity index (χ0n) is 9.05. The van der Waals surface area contributed by atoms with E-state index in [1.54, 1.807) is 0 Å². The molecule has 78 valence electrons. The molecule has 0 bridgehead atoms. The van der Waals surface area contributed by atoms with Crippen molar-refractivity contribution in [2.24, 2.45) is 11.7 Å². The van der Waals surface area contributed by atoms with Crippen LogP contribution in [0.3, 0.4) is 0 Å². The van der Waals surface area contributed by atoms with Crippen LogP contribution in [0.5, 0.6) is 0 Å². The maximum atomic E-state index is 6.13. The molecule has 0 aromatic heterocycles. The van der Waals surface area contributed by atoms with Crippen molar-refractivity contribution in [3.63, 3.8) is 0 Å². The lowest BCUT2D eigenvalue weighted by Crippen LogP contribution is -2.14. The number of hydrogen-bond donors (Lipinski definition) is 1. The molecule has 0 saturated heterocycles. The van der Waals surface area contributed by atoms with Gasteiger partial charge in [-0.15, -0.1) is 0 Å². The number of halogens is 1. The molecule has 0 unspecified atom stereocenters. The summed E-state index contributed by atoms with van der Waals surface area (Å²) in [5.41, 5.74) is 8.40. The molecule has 1 atom stereocenters. The minimum Gasteiger partial charge on any atom is -0.324 e. The minimum atomic E-state index is 0.0590. The van der Waals surface area contributed by atoms with Crippen LogP contribution in [0, 0.1) is 12.8 Å². The Balaban J connectivity index is 2.94. The topological polar surface area (TPSA) is 26.0 Å². The van der Waals surface area contributed by atoms with Crippen molar-refractivity contribution >= 4 is 11.6 Å². The van der Waals surface area contributed by atoms with E-state index in [1.165, 1.54) is 5.56 Å². The van der Waals surface area contributed by atoms with Crippen molar-refractivity contribution < 1.29 is 0 Å². The van der Waals surface area contributed by atoms with Gasteiger partial charge in [0.05, 0.1) is 0 Å². The Hall–Kier alpha value is -0.530. The van der Waals surface area contributed by atoms with Gasteiger partial charge in [-0.25, -0.2) is 0 Å².